The van der Waals surface area contributed by atoms with Crippen molar-refractivity contribution < 1.29 is 4.79 Å². The summed E-state index contributed by atoms with van der Waals surface area (Å²) < 4.78 is 0. The maximum absolute atomic E-state index is 12.8. The molecule has 1 aliphatic rings. The number of carbonyl (C=O) groups is 1. The highest BCUT2D eigenvalue weighted by atomic mass is 35.5. The van der Waals surface area contributed by atoms with Gasteiger partial charge in [-0.3, -0.25) is 4.90 Å². The van der Waals surface area contributed by atoms with Crippen molar-refractivity contribution in [2.24, 2.45) is 0 Å². The van der Waals surface area contributed by atoms with Crippen LogP contribution < -0.4 is 20.4 Å². The molecule has 1 aliphatic carbocycles. The molecular formula is C22H31ClN6O. The number of rotatable bonds is 6. The Morgan fingerprint density at radius 3 is 2.37 bits per heavy atom. The number of amides is 2. The van der Waals surface area contributed by atoms with Crippen LogP contribution in [0.1, 0.15) is 38.2 Å². The molecule has 1 saturated carbocycles. The SMILES string of the molecule is CCN(C(=O)NC1CCC(Nc2ncc(C)c(N(C)C)n2)CC1)c1ccc(Cl)cc1. The first-order valence-electron chi connectivity index (χ1n) is 10.5. The maximum atomic E-state index is 12.8. The molecule has 1 heterocycles. The van der Waals surface area contributed by atoms with E-state index in [4.69, 9.17) is 11.6 Å². The van der Waals surface area contributed by atoms with Crippen LogP contribution in [-0.2, 0) is 0 Å². The largest absolute Gasteiger partial charge is 0.362 e. The van der Waals surface area contributed by atoms with Crippen LogP contribution in [0.2, 0.25) is 5.02 Å². The molecule has 1 fully saturated rings. The Labute approximate surface area is 183 Å². The minimum atomic E-state index is -0.0614. The van der Waals surface area contributed by atoms with Crippen molar-refractivity contribution in [3.05, 3.63) is 41.0 Å². The van der Waals surface area contributed by atoms with Gasteiger partial charge in [-0.2, -0.15) is 4.98 Å². The lowest BCUT2D eigenvalue weighted by Gasteiger charge is -2.31. The van der Waals surface area contributed by atoms with E-state index >= 15 is 0 Å². The van der Waals surface area contributed by atoms with Crippen LogP contribution in [0.25, 0.3) is 0 Å². The van der Waals surface area contributed by atoms with Gasteiger partial charge in [-0.1, -0.05) is 11.6 Å². The molecule has 1 aromatic carbocycles. The van der Waals surface area contributed by atoms with Gasteiger partial charge >= 0.3 is 6.03 Å². The van der Waals surface area contributed by atoms with Crippen molar-refractivity contribution in [1.82, 2.24) is 15.3 Å². The molecule has 0 unspecified atom stereocenters. The fourth-order valence-corrected chi connectivity index (χ4v) is 3.96. The fraction of sp³-hybridized carbons (Fsp3) is 0.500. The molecule has 0 saturated heterocycles. The molecule has 0 atom stereocenters. The van der Waals surface area contributed by atoms with E-state index in [1.165, 1.54) is 0 Å². The van der Waals surface area contributed by atoms with Crippen LogP contribution >= 0.6 is 11.6 Å². The average Bonchev–Trinajstić information content (AvgIpc) is 2.72. The van der Waals surface area contributed by atoms with E-state index in [-0.39, 0.29) is 12.1 Å². The van der Waals surface area contributed by atoms with Gasteiger partial charge < -0.3 is 15.5 Å². The van der Waals surface area contributed by atoms with Crippen molar-refractivity contribution in [2.75, 3.05) is 35.8 Å². The molecule has 1 aromatic heterocycles. The Morgan fingerprint density at radius 1 is 1.13 bits per heavy atom. The summed E-state index contributed by atoms with van der Waals surface area (Å²) in [6.45, 7) is 4.58. The van der Waals surface area contributed by atoms with Crippen molar-refractivity contribution in [3.63, 3.8) is 0 Å². The first kappa shape index (κ1) is 22.2. The number of hydrogen-bond donors (Lipinski definition) is 2. The van der Waals surface area contributed by atoms with Crippen LogP contribution in [0.15, 0.2) is 30.5 Å². The molecule has 0 spiro atoms. The van der Waals surface area contributed by atoms with Crippen molar-refractivity contribution in [3.8, 4) is 0 Å². The number of urea groups is 1. The standard InChI is InChI=1S/C22H31ClN6O/c1-5-29(19-12-6-16(23)7-13-19)22(30)26-18-10-8-17(9-11-18)25-21-24-14-15(2)20(27-21)28(3)4/h6-7,12-14,17-18H,5,8-11H2,1-4H3,(H,26,30)(H,24,25,27). The normalized spacial score (nSPS) is 18.6. The van der Waals surface area contributed by atoms with Gasteiger partial charge in [0.25, 0.3) is 0 Å². The van der Waals surface area contributed by atoms with Crippen LogP contribution in [0.3, 0.4) is 0 Å². The van der Waals surface area contributed by atoms with Crippen LogP contribution in [0.4, 0.5) is 22.2 Å². The predicted molar refractivity (Wildman–Crippen MR) is 124 cm³/mol. The summed E-state index contributed by atoms with van der Waals surface area (Å²) in [7, 11) is 3.97. The van der Waals surface area contributed by atoms with Crippen LogP contribution in [0, 0.1) is 6.92 Å². The summed E-state index contributed by atoms with van der Waals surface area (Å²) in [5.41, 5.74) is 1.90. The summed E-state index contributed by atoms with van der Waals surface area (Å²) >= 11 is 5.96. The van der Waals surface area contributed by atoms with Gasteiger partial charge in [-0.15, -0.1) is 0 Å². The molecule has 30 heavy (non-hydrogen) atoms. The highest BCUT2D eigenvalue weighted by molar-refractivity contribution is 6.30. The van der Waals surface area contributed by atoms with Gasteiger partial charge in [-0.25, -0.2) is 9.78 Å². The van der Waals surface area contributed by atoms with Gasteiger partial charge in [0, 0.05) is 55.2 Å². The third-order valence-corrected chi connectivity index (χ3v) is 5.71. The van der Waals surface area contributed by atoms with E-state index in [1.54, 1.807) is 17.0 Å². The lowest BCUT2D eigenvalue weighted by atomic mass is 9.91. The lowest BCUT2D eigenvalue weighted by Crippen LogP contribution is -2.47. The Morgan fingerprint density at radius 2 is 1.77 bits per heavy atom. The summed E-state index contributed by atoms with van der Waals surface area (Å²) in [4.78, 5) is 25.6. The zero-order valence-corrected chi connectivity index (χ0v) is 18.9. The summed E-state index contributed by atoms with van der Waals surface area (Å²) in [5, 5.41) is 7.31. The van der Waals surface area contributed by atoms with Crippen molar-refractivity contribution >= 4 is 35.1 Å². The Hall–Kier alpha value is -2.54. The predicted octanol–water partition coefficient (Wildman–Crippen LogP) is 4.46. The molecule has 3 rings (SSSR count). The molecule has 2 N–H and O–H groups in total. The number of nitrogens with one attached hydrogen (secondary N) is 2. The zero-order valence-electron chi connectivity index (χ0n) is 18.2. The van der Waals surface area contributed by atoms with E-state index in [2.05, 4.69) is 20.6 Å². The van der Waals surface area contributed by atoms with Gasteiger partial charge in [0.1, 0.15) is 5.82 Å². The van der Waals surface area contributed by atoms with Crippen LogP contribution in [-0.4, -0.2) is 48.7 Å². The van der Waals surface area contributed by atoms with E-state index in [0.717, 1.165) is 42.8 Å². The number of halogens is 1. The van der Waals surface area contributed by atoms with Gasteiger partial charge in [-0.05, 0) is 63.8 Å². The van der Waals surface area contributed by atoms with E-state index in [0.29, 0.717) is 23.6 Å². The molecule has 0 aliphatic heterocycles. The Kier molecular flexibility index (Phi) is 7.37. The minimum Gasteiger partial charge on any atom is -0.362 e. The molecule has 0 radical (unpaired) electrons. The molecule has 7 nitrogen and oxygen atoms in total. The minimum absolute atomic E-state index is 0.0614. The molecule has 162 valence electrons. The molecular weight excluding hydrogens is 400 g/mol. The molecule has 0 bridgehead atoms. The molecule has 2 amide bonds. The number of anilines is 3. The van der Waals surface area contributed by atoms with Gasteiger partial charge in [0.15, 0.2) is 0 Å². The Balaban J connectivity index is 1.52. The van der Waals surface area contributed by atoms with Gasteiger partial charge in [0.2, 0.25) is 5.95 Å². The maximum Gasteiger partial charge on any atom is 0.322 e. The number of aryl methyl sites for hydroxylation is 1. The monoisotopic (exact) mass is 430 g/mol. The number of hydrogen-bond acceptors (Lipinski definition) is 5. The van der Waals surface area contributed by atoms with Crippen molar-refractivity contribution in [1.29, 1.82) is 0 Å². The first-order chi connectivity index (χ1) is 14.4. The number of aromatic nitrogens is 2. The lowest BCUT2D eigenvalue weighted by molar-refractivity contribution is 0.237. The van der Waals surface area contributed by atoms with E-state index in [1.807, 2.05) is 51.2 Å². The Bertz CT molecular complexity index is 849. The number of carbonyl (C=O) groups excluding carboxylic acids is 1. The van der Waals surface area contributed by atoms with E-state index < -0.39 is 0 Å². The topological polar surface area (TPSA) is 73.4 Å². The van der Waals surface area contributed by atoms with Crippen LogP contribution in [0.5, 0.6) is 0 Å². The second-order valence-corrected chi connectivity index (χ2v) is 8.39. The smallest absolute Gasteiger partial charge is 0.322 e. The second-order valence-electron chi connectivity index (χ2n) is 7.96. The third-order valence-electron chi connectivity index (χ3n) is 5.46. The fourth-order valence-electron chi connectivity index (χ4n) is 3.84. The number of benzene rings is 1. The second kappa shape index (κ2) is 9.98. The quantitative estimate of drug-likeness (QED) is 0.707. The highest BCUT2D eigenvalue weighted by Crippen LogP contribution is 2.24. The van der Waals surface area contributed by atoms with Crippen molar-refractivity contribution in [2.45, 2.75) is 51.6 Å². The number of nitrogens with zero attached hydrogens (tertiary/aromatic N) is 4. The highest BCUT2D eigenvalue weighted by Gasteiger charge is 2.25. The summed E-state index contributed by atoms with van der Waals surface area (Å²) in [5.74, 6) is 1.59. The van der Waals surface area contributed by atoms with Gasteiger partial charge in [0.05, 0.1) is 0 Å². The molecule has 2 aromatic rings. The summed E-state index contributed by atoms with van der Waals surface area (Å²) in [6.07, 6.45) is 5.63. The average molecular weight is 431 g/mol. The third kappa shape index (κ3) is 5.53. The van der Waals surface area contributed by atoms with E-state index in [9.17, 15) is 4.79 Å². The zero-order chi connectivity index (χ0) is 21.7. The first-order valence-corrected chi connectivity index (χ1v) is 10.9. The summed E-state index contributed by atoms with van der Waals surface area (Å²) in [6, 6.07) is 7.78. The molecule has 8 heteroatoms.